The highest BCUT2D eigenvalue weighted by molar-refractivity contribution is 7.89. The molecule has 1 heterocycles. The van der Waals surface area contributed by atoms with E-state index < -0.39 is 10.0 Å². The van der Waals surface area contributed by atoms with E-state index in [-0.39, 0.29) is 34.1 Å². The van der Waals surface area contributed by atoms with Crippen molar-refractivity contribution in [3.8, 4) is 17.2 Å². The average Bonchev–Trinajstić information content (AvgIpc) is 2.56. The van der Waals surface area contributed by atoms with E-state index in [2.05, 4.69) is 14.7 Å². The van der Waals surface area contributed by atoms with E-state index in [9.17, 15) is 8.42 Å². The molecule has 0 fully saturated rings. The maximum Gasteiger partial charge on any atom is 0.244 e. The van der Waals surface area contributed by atoms with Gasteiger partial charge in [0, 0.05) is 11.6 Å². The van der Waals surface area contributed by atoms with Crippen LogP contribution < -0.4 is 25.7 Å². The van der Waals surface area contributed by atoms with Gasteiger partial charge in [-0.15, -0.1) is 0 Å². The number of nitrogens with one attached hydrogen (secondary N) is 1. The minimum absolute atomic E-state index is 0.0158. The lowest BCUT2D eigenvalue weighted by Crippen LogP contribution is -2.19. The van der Waals surface area contributed by atoms with Crippen LogP contribution in [0.15, 0.2) is 23.2 Å². The zero-order valence-electron chi connectivity index (χ0n) is 14.4. The first-order valence-corrected chi connectivity index (χ1v) is 8.89. The van der Waals surface area contributed by atoms with E-state index in [4.69, 9.17) is 20.9 Å². The minimum atomic E-state index is -3.75. The fourth-order valence-electron chi connectivity index (χ4n) is 2.17. The summed E-state index contributed by atoms with van der Waals surface area (Å²) in [6.45, 7) is 3.88. The molecule has 5 N–H and O–H groups in total. The first-order chi connectivity index (χ1) is 11.7. The quantitative estimate of drug-likeness (QED) is 0.696. The van der Waals surface area contributed by atoms with Gasteiger partial charge in [-0.05, 0) is 19.0 Å². The Balaban J connectivity index is 2.64. The molecular formula is C15H21N5O4S. The third kappa shape index (κ3) is 3.91. The van der Waals surface area contributed by atoms with Crippen LogP contribution in [-0.4, -0.2) is 32.5 Å². The Hall–Kier alpha value is -2.59. The van der Waals surface area contributed by atoms with Gasteiger partial charge in [0.05, 0.1) is 13.3 Å². The zero-order chi connectivity index (χ0) is 18.8. The zero-order valence-corrected chi connectivity index (χ0v) is 15.2. The van der Waals surface area contributed by atoms with Crippen LogP contribution in [0.3, 0.4) is 0 Å². The normalized spacial score (nSPS) is 11.6. The molecule has 0 saturated heterocycles. The fourth-order valence-corrected chi connectivity index (χ4v) is 3.06. The molecule has 0 spiro atoms. The molecule has 0 aliphatic rings. The molecule has 0 unspecified atom stereocenters. The summed E-state index contributed by atoms with van der Waals surface area (Å²) >= 11 is 0. The van der Waals surface area contributed by atoms with Gasteiger partial charge in [-0.3, -0.25) is 0 Å². The predicted molar refractivity (Wildman–Crippen MR) is 94.3 cm³/mol. The summed E-state index contributed by atoms with van der Waals surface area (Å²) in [6.07, 6.45) is 1.33. The van der Waals surface area contributed by atoms with E-state index >= 15 is 0 Å². The van der Waals surface area contributed by atoms with Crippen LogP contribution in [0.25, 0.3) is 0 Å². The van der Waals surface area contributed by atoms with Gasteiger partial charge in [0.15, 0.2) is 11.6 Å². The standard InChI is InChI=1S/C15H21N5O4S/c1-8(2)9-5-11(23-4)13(25(21,22)18-3)6-10(9)24-12-7-19-15(17)20-14(12)16/h5-8,18H,1-4H3,(H4,16,17,19,20). The summed E-state index contributed by atoms with van der Waals surface area (Å²) in [4.78, 5) is 7.62. The molecule has 10 heteroatoms. The molecule has 1 aromatic carbocycles. The second-order valence-electron chi connectivity index (χ2n) is 5.48. The summed E-state index contributed by atoms with van der Waals surface area (Å²) < 4.78 is 37.8. The molecule has 1 aromatic heterocycles. The van der Waals surface area contributed by atoms with Crippen molar-refractivity contribution in [3.05, 3.63) is 23.9 Å². The number of nitrogen functional groups attached to an aromatic ring is 2. The lowest BCUT2D eigenvalue weighted by molar-refractivity contribution is 0.397. The molecule has 0 atom stereocenters. The van der Waals surface area contributed by atoms with Crippen molar-refractivity contribution in [2.24, 2.45) is 0 Å². The maximum atomic E-state index is 12.3. The number of methoxy groups -OCH3 is 1. The molecule has 0 amide bonds. The number of aromatic nitrogens is 2. The van der Waals surface area contributed by atoms with Crippen molar-refractivity contribution < 1.29 is 17.9 Å². The Morgan fingerprint density at radius 3 is 2.36 bits per heavy atom. The largest absolute Gasteiger partial charge is 0.495 e. The predicted octanol–water partition coefficient (Wildman–Crippen LogP) is 1.47. The Morgan fingerprint density at radius 1 is 1.16 bits per heavy atom. The van der Waals surface area contributed by atoms with Gasteiger partial charge < -0.3 is 20.9 Å². The average molecular weight is 367 g/mol. The topological polar surface area (TPSA) is 142 Å². The Morgan fingerprint density at radius 2 is 1.84 bits per heavy atom. The smallest absolute Gasteiger partial charge is 0.244 e. The van der Waals surface area contributed by atoms with E-state index in [0.717, 1.165) is 5.56 Å². The van der Waals surface area contributed by atoms with Crippen LogP contribution in [0.2, 0.25) is 0 Å². The lowest BCUT2D eigenvalue weighted by atomic mass is 10.0. The van der Waals surface area contributed by atoms with Crippen molar-refractivity contribution in [1.82, 2.24) is 14.7 Å². The van der Waals surface area contributed by atoms with Crippen LogP contribution in [0.1, 0.15) is 25.3 Å². The van der Waals surface area contributed by atoms with Gasteiger partial charge >= 0.3 is 0 Å². The fraction of sp³-hybridized carbons (Fsp3) is 0.333. The SMILES string of the molecule is CNS(=O)(=O)c1cc(Oc2cnc(N)nc2N)c(C(C)C)cc1OC. The number of anilines is 2. The van der Waals surface area contributed by atoms with Crippen molar-refractivity contribution >= 4 is 21.8 Å². The summed E-state index contributed by atoms with van der Waals surface area (Å²) in [7, 11) is -1.03. The monoisotopic (exact) mass is 367 g/mol. The Labute approximate surface area is 146 Å². The molecule has 136 valence electrons. The molecule has 9 nitrogen and oxygen atoms in total. The van der Waals surface area contributed by atoms with Crippen LogP contribution in [0, 0.1) is 0 Å². The maximum absolute atomic E-state index is 12.3. The van der Waals surface area contributed by atoms with Crippen molar-refractivity contribution in [2.75, 3.05) is 25.6 Å². The van der Waals surface area contributed by atoms with Crippen LogP contribution in [0.4, 0.5) is 11.8 Å². The number of nitrogens with zero attached hydrogens (tertiary/aromatic N) is 2. The first-order valence-electron chi connectivity index (χ1n) is 7.41. The van der Waals surface area contributed by atoms with E-state index in [1.54, 1.807) is 6.07 Å². The third-order valence-corrected chi connectivity index (χ3v) is 4.93. The highest BCUT2D eigenvalue weighted by atomic mass is 32.2. The highest BCUT2D eigenvalue weighted by Crippen LogP contribution is 2.38. The number of hydrogen-bond donors (Lipinski definition) is 3. The second-order valence-corrected chi connectivity index (χ2v) is 7.34. The first kappa shape index (κ1) is 18.7. The number of ether oxygens (including phenoxy) is 2. The van der Waals surface area contributed by atoms with Gasteiger partial charge in [-0.1, -0.05) is 13.8 Å². The minimum Gasteiger partial charge on any atom is -0.495 e. The van der Waals surface area contributed by atoms with E-state index in [0.29, 0.717) is 5.75 Å². The van der Waals surface area contributed by atoms with Gasteiger partial charge in [0.2, 0.25) is 16.0 Å². The Bertz CT molecular complexity index is 884. The molecule has 0 aliphatic carbocycles. The van der Waals surface area contributed by atoms with E-state index in [1.165, 1.54) is 26.4 Å². The van der Waals surface area contributed by atoms with Gasteiger partial charge in [-0.25, -0.2) is 18.1 Å². The highest BCUT2D eigenvalue weighted by Gasteiger charge is 2.23. The Kier molecular flexibility index (Phi) is 5.33. The molecule has 0 radical (unpaired) electrons. The molecular weight excluding hydrogens is 346 g/mol. The third-order valence-electron chi connectivity index (χ3n) is 3.50. The van der Waals surface area contributed by atoms with Crippen molar-refractivity contribution in [2.45, 2.75) is 24.7 Å². The summed E-state index contributed by atoms with van der Waals surface area (Å²) in [5.74, 6) is 0.801. The summed E-state index contributed by atoms with van der Waals surface area (Å²) in [5, 5.41) is 0. The number of sulfonamides is 1. The number of hydrogen-bond acceptors (Lipinski definition) is 8. The number of benzene rings is 1. The van der Waals surface area contributed by atoms with Crippen molar-refractivity contribution in [3.63, 3.8) is 0 Å². The molecule has 2 aromatic rings. The summed E-state index contributed by atoms with van der Waals surface area (Å²) in [6, 6.07) is 3.01. The van der Waals surface area contributed by atoms with Crippen LogP contribution >= 0.6 is 0 Å². The van der Waals surface area contributed by atoms with Crippen LogP contribution in [0.5, 0.6) is 17.2 Å². The van der Waals surface area contributed by atoms with Gasteiger partial charge in [0.1, 0.15) is 16.4 Å². The number of rotatable bonds is 6. The molecule has 25 heavy (non-hydrogen) atoms. The molecule has 0 saturated carbocycles. The van der Waals surface area contributed by atoms with Gasteiger partial charge in [0.25, 0.3) is 0 Å². The molecule has 0 aliphatic heterocycles. The number of nitrogens with two attached hydrogens (primary N) is 2. The van der Waals surface area contributed by atoms with Crippen molar-refractivity contribution in [1.29, 1.82) is 0 Å². The second kappa shape index (κ2) is 7.11. The molecule has 2 rings (SSSR count). The van der Waals surface area contributed by atoms with E-state index in [1.807, 2.05) is 13.8 Å². The lowest BCUT2D eigenvalue weighted by Gasteiger charge is -2.18. The van der Waals surface area contributed by atoms with Gasteiger partial charge in [-0.2, -0.15) is 4.98 Å². The summed E-state index contributed by atoms with van der Waals surface area (Å²) in [5.41, 5.74) is 12.0. The molecule has 0 bridgehead atoms. The van der Waals surface area contributed by atoms with Crippen LogP contribution in [-0.2, 0) is 10.0 Å².